The van der Waals surface area contributed by atoms with E-state index < -0.39 is 0 Å². The van der Waals surface area contributed by atoms with Crippen LogP contribution in [0.25, 0.3) is 0 Å². The van der Waals surface area contributed by atoms with E-state index in [9.17, 15) is 0 Å². The molecule has 0 aromatic heterocycles. The molecule has 0 saturated heterocycles. The lowest BCUT2D eigenvalue weighted by Crippen LogP contribution is -1.98. The van der Waals surface area contributed by atoms with Crippen LogP contribution in [0.2, 0.25) is 0 Å². The minimum absolute atomic E-state index is 0.668. The Morgan fingerprint density at radius 2 is 2.09 bits per heavy atom. The van der Waals surface area contributed by atoms with Crippen LogP contribution in [0, 0.1) is 0 Å². The average Bonchev–Trinajstić information content (AvgIpc) is 2.04. The van der Waals surface area contributed by atoms with Crippen LogP contribution in [0.4, 0.5) is 0 Å². The van der Waals surface area contributed by atoms with Crippen LogP contribution < -0.4 is 0 Å². The predicted molar refractivity (Wildman–Crippen MR) is 56.2 cm³/mol. The molecular formula is C8H16OS2. The Balaban J connectivity index is 2.95. The van der Waals surface area contributed by atoms with Crippen LogP contribution in [0.5, 0.6) is 0 Å². The van der Waals surface area contributed by atoms with Gasteiger partial charge in [-0.05, 0) is 24.9 Å². The quantitative estimate of drug-likeness (QED) is 0.489. The third-order valence-electron chi connectivity index (χ3n) is 1.38. The standard InChI is InChI=1S/C8H16OS2/c1-3-4-5-6-7-9-8(10)11-2/h3-7H2,1-2H3. The van der Waals surface area contributed by atoms with Crippen LogP contribution in [-0.2, 0) is 4.74 Å². The molecule has 0 aliphatic rings. The smallest absolute Gasteiger partial charge is 0.219 e. The van der Waals surface area contributed by atoms with Gasteiger partial charge in [0.15, 0.2) is 0 Å². The fraction of sp³-hybridized carbons (Fsp3) is 0.875. The monoisotopic (exact) mass is 192 g/mol. The lowest BCUT2D eigenvalue weighted by molar-refractivity contribution is 0.308. The van der Waals surface area contributed by atoms with Gasteiger partial charge in [0.1, 0.15) is 0 Å². The van der Waals surface area contributed by atoms with E-state index in [4.69, 9.17) is 17.0 Å². The van der Waals surface area contributed by atoms with E-state index >= 15 is 0 Å². The summed E-state index contributed by atoms with van der Waals surface area (Å²) in [7, 11) is 0. The number of thiocarbonyl (C=S) groups is 1. The first-order chi connectivity index (χ1) is 5.31. The van der Waals surface area contributed by atoms with E-state index in [2.05, 4.69) is 6.92 Å². The molecule has 0 saturated carbocycles. The maximum Gasteiger partial charge on any atom is 0.219 e. The highest BCUT2D eigenvalue weighted by Gasteiger charge is 1.92. The van der Waals surface area contributed by atoms with E-state index in [0.29, 0.717) is 4.38 Å². The third kappa shape index (κ3) is 8.14. The molecule has 0 atom stereocenters. The van der Waals surface area contributed by atoms with E-state index in [1.807, 2.05) is 6.26 Å². The van der Waals surface area contributed by atoms with Crippen LogP contribution in [0.1, 0.15) is 32.6 Å². The van der Waals surface area contributed by atoms with Gasteiger partial charge < -0.3 is 4.74 Å². The zero-order valence-corrected chi connectivity index (χ0v) is 8.89. The summed E-state index contributed by atoms with van der Waals surface area (Å²) in [6.07, 6.45) is 6.90. The van der Waals surface area contributed by atoms with Gasteiger partial charge in [-0.1, -0.05) is 37.9 Å². The molecule has 0 amide bonds. The number of ether oxygens (including phenoxy) is 1. The highest BCUT2D eigenvalue weighted by atomic mass is 32.2. The largest absolute Gasteiger partial charge is 0.479 e. The zero-order chi connectivity index (χ0) is 8.53. The maximum atomic E-state index is 5.23. The van der Waals surface area contributed by atoms with Crippen molar-refractivity contribution in [1.29, 1.82) is 0 Å². The molecule has 0 fully saturated rings. The summed E-state index contributed by atoms with van der Waals surface area (Å²) in [5.74, 6) is 0. The Hall–Kier alpha value is 0.240. The highest BCUT2D eigenvalue weighted by molar-refractivity contribution is 8.22. The maximum absolute atomic E-state index is 5.23. The molecular weight excluding hydrogens is 176 g/mol. The molecule has 0 rings (SSSR count). The second-order valence-electron chi connectivity index (χ2n) is 2.36. The molecule has 0 spiro atoms. The van der Waals surface area contributed by atoms with Crippen molar-refractivity contribution >= 4 is 28.4 Å². The van der Waals surface area contributed by atoms with Crippen molar-refractivity contribution in [2.24, 2.45) is 0 Å². The molecule has 66 valence electrons. The molecule has 0 bridgehead atoms. The summed E-state index contributed by atoms with van der Waals surface area (Å²) in [6, 6.07) is 0. The van der Waals surface area contributed by atoms with Crippen molar-refractivity contribution in [1.82, 2.24) is 0 Å². The van der Waals surface area contributed by atoms with Crippen molar-refractivity contribution in [2.75, 3.05) is 12.9 Å². The number of hydrogen-bond acceptors (Lipinski definition) is 3. The second-order valence-corrected chi connectivity index (χ2v) is 3.77. The van der Waals surface area contributed by atoms with Crippen LogP contribution in [0.3, 0.4) is 0 Å². The molecule has 0 aliphatic heterocycles. The van der Waals surface area contributed by atoms with E-state index in [0.717, 1.165) is 13.0 Å². The lowest BCUT2D eigenvalue weighted by atomic mass is 10.2. The summed E-state index contributed by atoms with van der Waals surface area (Å²) in [6.45, 7) is 2.99. The topological polar surface area (TPSA) is 9.23 Å². The van der Waals surface area contributed by atoms with Gasteiger partial charge in [-0.15, -0.1) is 0 Å². The van der Waals surface area contributed by atoms with Crippen LogP contribution in [-0.4, -0.2) is 17.2 Å². The van der Waals surface area contributed by atoms with Gasteiger partial charge in [-0.25, -0.2) is 0 Å². The van der Waals surface area contributed by atoms with Gasteiger partial charge in [0.05, 0.1) is 6.61 Å². The number of hydrogen-bond donors (Lipinski definition) is 0. The van der Waals surface area contributed by atoms with E-state index in [1.165, 1.54) is 31.0 Å². The first-order valence-electron chi connectivity index (χ1n) is 4.02. The van der Waals surface area contributed by atoms with Gasteiger partial charge in [0.2, 0.25) is 4.38 Å². The molecule has 1 nitrogen and oxygen atoms in total. The summed E-state index contributed by atoms with van der Waals surface area (Å²) in [5, 5.41) is 0. The third-order valence-corrected chi connectivity index (χ3v) is 2.45. The Bertz CT molecular complexity index is 104. The molecule has 0 N–H and O–H groups in total. The van der Waals surface area contributed by atoms with Gasteiger partial charge in [0.25, 0.3) is 0 Å². The van der Waals surface area contributed by atoms with Crippen molar-refractivity contribution in [3.8, 4) is 0 Å². The molecule has 0 aromatic carbocycles. The molecule has 11 heavy (non-hydrogen) atoms. The Kier molecular flexibility index (Phi) is 8.52. The predicted octanol–water partition coefficient (Wildman–Crippen LogP) is 3.23. The minimum atomic E-state index is 0.668. The number of unbranched alkanes of at least 4 members (excludes halogenated alkanes) is 3. The Morgan fingerprint density at radius 3 is 2.64 bits per heavy atom. The SMILES string of the molecule is CCCCCCOC(=S)SC. The second kappa shape index (κ2) is 8.34. The fourth-order valence-corrected chi connectivity index (χ4v) is 1.03. The summed E-state index contributed by atoms with van der Waals surface area (Å²) in [5.41, 5.74) is 0. The first kappa shape index (κ1) is 11.2. The molecule has 3 heteroatoms. The fourth-order valence-electron chi connectivity index (χ4n) is 0.743. The first-order valence-corrected chi connectivity index (χ1v) is 5.65. The molecule has 0 aromatic rings. The van der Waals surface area contributed by atoms with Crippen LogP contribution in [0.15, 0.2) is 0 Å². The minimum Gasteiger partial charge on any atom is -0.479 e. The van der Waals surface area contributed by atoms with Gasteiger partial charge in [-0.2, -0.15) is 0 Å². The van der Waals surface area contributed by atoms with E-state index in [-0.39, 0.29) is 0 Å². The van der Waals surface area contributed by atoms with Crippen LogP contribution >= 0.6 is 24.0 Å². The summed E-state index contributed by atoms with van der Waals surface area (Å²) in [4.78, 5) is 0. The average molecular weight is 192 g/mol. The molecule has 0 radical (unpaired) electrons. The van der Waals surface area contributed by atoms with Crippen molar-refractivity contribution in [3.63, 3.8) is 0 Å². The Labute approximate surface area is 78.9 Å². The van der Waals surface area contributed by atoms with Crippen molar-refractivity contribution < 1.29 is 4.74 Å². The molecule has 0 unspecified atom stereocenters. The van der Waals surface area contributed by atoms with E-state index in [1.54, 1.807) is 0 Å². The summed E-state index contributed by atoms with van der Waals surface area (Å²) < 4.78 is 5.90. The van der Waals surface area contributed by atoms with Gasteiger partial charge >= 0.3 is 0 Å². The molecule has 0 heterocycles. The lowest BCUT2D eigenvalue weighted by Gasteiger charge is -2.03. The number of rotatable bonds is 5. The van der Waals surface area contributed by atoms with Gasteiger partial charge in [-0.3, -0.25) is 0 Å². The number of thioether (sulfide) groups is 1. The van der Waals surface area contributed by atoms with Gasteiger partial charge in [0, 0.05) is 0 Å². The Morgan fingerprint density at radius 1 is 1.36 bits per heavy atom. The highest BCUT2D eigenvalue weighted by Crippen LogP contribution is 2.03. The van der Waals surface area contributed by atoms with Crippen molar-refractivity contribution in [3.05, 3.63) is 0 Å². The molecule has 0 aliphatic carbocycles. The van der Waals surface area contributed by atoms with Crippen molar-refractivity contribution in [2.45, 2.75) is 32.6 Å². The zero-order valence-electron chi connectivity index (χ0n) is 7.26. The normalized spacial score (nSPS) is 9.64. The summed E-state index contributed by atoms with van der Waals surface area (Å²) >= 11 is 6.37.